The van der Waals surface area contributed by atoms with Gasteiger partial charge in [0.2, 0.25) is 5.91 Å². The van der Waals surface area contributed by atoms with E-state index in [0.29, 0.717) is 21.8 Å². The van der Waals surface area contributed by atoms with Gasteiger partial charge in [-0.15, -0.1) is 11.3 Å². The number of hydrogen-bond donors (Lipinski definition) is 1. The number of thioether (sulfide) groups is 1. The second-order valence-electron chi connectivity index (χ2n) is 7.74. The molecule has 4 rings (SSSR count). The van der Waals surface area contributed by atoms with Gasteiger partial charge in [-0.05, 0) is 44.5 Å². The number of carbonyl (C=O) groups excluding carboxylic acids is 1. The van der Waals surface area contributed by atoms with Crippen LogP contribution in [-0.4, -0.2) is 20.4 Å². The van der Waals surface area contributed by atoms with Crippen LogP contribution in [-0.2, 0) is 17.0 Å². The Bertz CT molecular complexity index is 1330. The van der Waals surface area contributed by atoms with Crippen molar-refractivity contribution in [1.82, 2.24) is 14.5 Å². The van der Waals surface area contributed by atoms with E-state index in [1.807, 2.05) is 74.7 Å². The highest BCUT2D eigenvalue weighted by Gasteiger charge is 2.15. The fraction of sp³-hybridized carbons (Fsp3) is 0.250. The molecule has 164 valence electrons. The molecule has 1 N–H and O–H groups in total. The summed E-state index contributed by atoms with van der Waals surface area (Å²) in [5.41, 5.74) is 3.38. The minimum absolute atomic E-state index is 0.00163. The maximum Gasteiger partial charge on any atom is 0.262 e. The molecule has 2 aromatic carbocycles. The molecular weight excluding hydrogens is 440 g/mol. The zero-order valence-corrected chi connectivity index (χ0v) is 19.8. The fourth-order valence-electron chi connectivity index (χ4n) is 3.36. The normalized spacial score (nSPS) is 11.2. The Morgan fingerprint density at radius 2 is 1.88 bits per heavy atom. The molecule has 0 radical (unpaired) electrons. The fourth-order valence-corrected chi connectivity index (χ4v) is 5.28. The summed E-state index contributed by atoms with van der Waals surface area (Å²) in [7, 11) is 0. The Morgan fingerprint density at radius 3 is 2.66 bits per heavy atom. The van der Waals surface area contributed by atoms with Gasteiger partial charge in [0, 0.05) is 22.9 Å². The third-order valence-electron chi connectivity index (χ3n) is 4.97. The van der Waals surface area contributed by atoms with Crippen molar-refractivity contribution >= 4 is 45.6 Å². The minimum Gasteiger partial charge on any atom is -0.325 e. The first-order chi connectivity index (χ1) is 15.4. The SMILES string of the molecule is Cc1ccccc1NC(=O)Cc1nc(CSc2nc3ccccc3c(=O)n2C(C)C)cs1. The molecule has 0 fully saturated rings. The quantitative estimate of drug-likeness (QED) is 0.300. The number of aromatic nitrogens is 3. The number of rotatable bonds is 7. The number of benzene rings is 2. The summed E-state index contributed by atoms with van der Waals surface area (Å²) in [5.74, 6) is 0.491. The standard InChI is InChI=1S/C24H24N4O2S2/c1-15(2)28-23(30)18-9-5-7-11-20(18)27-24(28)32-14-17-13-31-22(25-17)12-21(29)26-19-10-6-4-8-16(19)3/h4-11,13,15H,12,14H2,1-3H3,(H,26,29). The number of amides is 1. The van der Waals surface area contributed by atoms with Gasteiger partial charge in [0.15, 0.2) is 5.16 Å². The summed E-state index contributed by atoms with van der Waals surface area (Å²) in [6, 6.07) is 15.1. The van der Waals surface area contributed by atoms with Crippen LogP contribution in [0.15, 0.2) is 63.9 Å². The second-order valence-corrected chi connectivity index (χ2v) is 9.63. The lowest BCUT2D eigenvalue weighted by Gasteiger charge is -2.15. The number of hydrogen-bond acceptors (Lipinski definition) is 6. The summed E-state index contributed by atoms with van der Waals surface area (Å²) in [6.45, 7) is 5.93. The zero-order valence-electron chi connectivity index (χ0n) is 18.2. The molecule has 6 nitrogen and oxygen atoms in total. The molecule has 1 amide bonds. The first kappa shape index (κ1) is 22.2. The Kier molecular flexibility index (Phi) is 6.72. The lowest BCUT2D eigenvalue weighted by Crippen LogP contribution is -2.25. The zero-order chi connectivity index (χ0) is 22.7. The summed E-state index contributed by atoms with van der Waals surface area (Å²) in [5, 5.41) is 6.97. The molecule has 0 saturated carbocycles. The number of nitrogens with zero attached hydrogens (tertiary/aromatic N) is 3. The van der Waals surface area contributed by atoms with E-state index in [2.05, 4.69) is 10.3 Å². The smallest absolute Gasteiger partial charge is 0.262 e. The molecular formula is C24H24N4O2S2. The number of thiazole rings is 1. The average Bonchev–Trinajstić information content (AvgIpc) is 3.21. The van der Waals surface area contributed by atoms with Gasteiger partial charge < -0.3 is 5.32 Å². The van der Waals surface area contributed by atoms with E-state index in [9.17, 15) is 9.59 Å². The molecule has 0 aliphatic rings. The molecule has 2 heterocycles. The Hall–Kier alpha value is -2.97. The Morgan fingerprint density at radius 1 is 1.12 bits per heavy atom. The maximum absolute atomic E-state index is 13.0. The first-order valence-corrected chi connectivity index (χ1v) is 12.2. The van der Waals surface area contributed by atoms with E-state index in [1.165, 1.54) is 23.1 Å². The number of anilines is 1. The van der Waals surface area contributed by atoms with Crippen LogP contribution in [0.2, 0.25) is 0 Å². The van der Waals surface area contributed by atoms with Crippen molar-refractivity contribution in [3.63, 3.8) is 0 Å². The van der Waals surface area contributed by atoms with Gasteiger partial charge in [-0.25, -0.2) is 9.97 Å². The number of aryl methyl sites for hydroxylation is 1. The van der Waals surface area contributed by atoms with Gasteiger partial charge in [-0.1, -0.05) is 42.1 Å². The molecule has 8 heteroatoms. The molecule has 0 atom stereocenters. The van der Waals surface area contributed by atoms with Crippen molar-refractivity contribution in [2.45, 2.75) is 44.1 Å². The average molecular weight is 465 g/mol. The summed E-state index contributed by atoms with van der Waals surface area (Å²) < 4.78 is 1.73. The molecule has 32 heavy (non-hydrogen) atoms. The predicted octanol–water partition coefficient (Wildman–Crippen LogP) is 5.22. The van der Waals surface area contributed by atoms with Crippen LogP contribution in [0.1, 0.15) is 36.2 Å². The molecule has 0 spiro atoms. The van der Waals surface area contributed by atoms with Crippen molar-refractivity contribution in [3.8, 4) is 0 Å². The van der Waals surface area contributed by atoms with Gasteiger partial charge in [0.1, 0.15) is 5.01 Å². The van der Waals surface area contributed by atoms with E-state index in [-0.39, 0.29) is 23.9 Å². The van der Waals surface area contributed by atoms with Crippen molar-refractivity contribution < 1.29 is 4.79 Å². The van der Waals surface area contributed by atoms with Crippen LogP contribution >= 0.6 is 23.1 Å². The molecule has 0 aliphatic heterocycles. The van der Waals surface area contributed by atoms with Gasteiger partial charge in [0.05, 0.1) is 23.0 Å². The monoisotopic (exact) mass is 464 g/mol. The molecule has 0 unspecified atom stereocenters. The molecule has 0 saturated heterocycles. The van der Waals surface area contributed by atoms with Crippen LogP contribution in [0, 0.1) is 6.92 Å². The number of carbonyl (C=O) groups is 1. The van der Waals surface area contributed by atoms with Gasteiger partial charge >= 0.3 is 0 Å². The summed E-state index contributed by atoms with van der Waals surface area (Å²) in [4.78, 5) is 34.7. The van der Waals surface area contributed by atoms with Gasteiger partial charge in [-0.3, -0.25) is 14.2 Å². The third kappa shape index (κ3) is 4.92. The third-order valence-corrected chi connectivity index (χ3v) is 6.86. The van der Waals surface area contributed by atoms with Crippen LogP contribution in [0.3, 0.4) is 0 Å². The largest absolute Gasteiger partial charge is 0.325 e. The Labute approximate surface area is 194 Å². The van der Waals surface area contributed by atoms with Crippen LogP contribution in [0.5, 0.6) is 0 Å². The van der Waals surface area contributed by atoms with Crippen LogP contribution in [0.4, 0.5) is 5.69 Å². The van der Waals surface area contributed by atoms with Gasteiger partial charge in [-0.2, -0.15) is 0 Å². The molecule has 4 aromatic rings. The van der Waals surface area contributed by atoms with Crippen molar-refractivity contribution in [1.29, 1.82) is 0 Å². The van der Waals surface area contributed by atoms with Crippen LogP contribution < -0.4 is 10.9 Å². The van der Waals surface area contributed by atoms with Crippen molar-refractivity contribution in [2.75, 3.05) is 5.32 Å². The second kappa shape index (κ2) is 9.67. The molecule has 0 aliphatic carbocycles. The molecule has 0 bridgehead atoms. The van der Waals surface area contributed by atoms with E-state index in [0.717, 1.165) is 22.0 Å². The summed E-state index contributed by atoms with van der Waals surface area (Å²) in [6.07, 6.45) is 0.231. The minimum atomic E-state index is -0.0855. The highest BCUT2D eigenvalue weighted by molar-refractivity contribution is 7.98. The number of para-hydroxylation sites is 2. The first-order valence-electron chi connectivity index (χ1n) is 10.3. The van der Waals surface area contributed by atoms with E-state index in [4.69, 9.17) is 4.98 Å². The highest BCUT2D eigenvalue weighted by Crippen LogP contribution is 2.25. The van der Waals surface area contributed by atoms with Crippen molar-refractivity contribution in [3.05, 3.63) is 80.5 Å². The number of nitrogens with one attached hydrogen (secondary N) is 1. The predicted molar refractivity (Wildman–Crippen MR) is 132 cm³/mol. The van der Waals surface area contributed by atoms with E-state index < -0.39 is 0 Å². The maximum atomic E-state index is 13.0. The highest BCUT2D eigenvalue weighted by atomic mass is 32.2. The lowest BCUT2D eigenvalue weighted by atomic mass is 10.2. The topological polar surface area (TPSA) is 76.9 Å². The Balaban J connectivity index is 1.46. The van der Waals surface area contributed by atoms with Gasteiger partial charge in [0.25, 0.3) is 5.56 Å². The van der Waals surface area contributed by atoms with E-state index >= 15 is 0 Å². The molecule has 2 aromatic heterocycles. The summed E-state index contributed by atoms with van der Waals surface area (Å²) >= 11 is 2.96. The van der Waals surface area contributed by atoms with Crippen LogP contribution in [0.25, 0.3) is 10.9 Å². The van der Waals surface area contributed by atoms with E-state index in [1.54, 1.807) is 4.57 Å². The van der Waals surface area contributed by atoms with Crippen molar-refractivity contribution in [2.24, 2.45) is 0 Å². The lowest BCUT2D eigenvalue weighted by molar-refractivity contribution is -0.115. The number of fused-ring (bicyclic) bond motifs is 1.